The standard InChI is InChI=1S/C17H34N2O2/c1-6-7-14(2)21-13-10-17(3,4)18-16(20)15-8-11-19(5)12-9-15/h14-15H,6-13H2,1-5H3,(H,18,20). The molecular formula is C17H34N2O2. The van der Waals surface area contributed by atoms with E-state index in [1.54, 1.807) is 0 Å². The second kappa shape index (κ2) is 8.74. The van der Waals surface area contributed by atoms with Crippen molar-refractivity contribution in [3.05, 3.63) is 0 Å². The zero-order chi connectivity index (χ0) is 15.9. The molecule has 21 heavy (non-hydrogen) atoms. The third-order valence-electron chi connectivity index (χ3n) is 4.38. The van der Waals surface area contributed by atoms with Crippen LogP contribution >= 0.6 is 0 Å². The molecule has 0 spiro atoms. The summed E-state index contributed by atoms with van der Waals surface area (Å²) in [5, 5.41) is 3.21. The summed E-state index contributed by atoms with van der Waals surface area (Å²) in [6.45, 7) is 11.2. The van der Waals surface area contributed by atoms with Crippen molar-refractivity contribution in [3.8, 4) is 0 Å². The number of rotatable bonds is 8. The van der Waals surface area contributed by atoms with Crippen molar-refractivity contribution in [1.82, 2.24) is 10.2 Å². The minimum Gasteiger partial charge on any atom is -0.378 e. The minimum atomic E-state index is -0.188. The van der Waals surface area contributed by atoms with E-state index in [-0.39, 0.29) is 17.4 Å². The molecule has 1 rings (SSSR count). The quantitative estimate of drug-likeness (QED) is 0.749. The molecule has 0 bridgehead atoms. The van der Waals surface area contributed by atoms with Crippen LogP contribution in [0.5, 0.6) is 0 Å². The van der Waals surface area contributed by atoms with Gasteiger partial charge in [-0.1, -0.05) is 13.3 Å². The van der Waals surface area contributed by atoms with Crippen LogP contribution in [0.1, 0.15) is 59.8 Å². The zero-order valence-electron chi connectivity index (χ0n) is 14.6. The highest BCUT2D eigenvalue weighted by Crippen LogP contribution is 2.18. The van der Waals surface area contributed by atoms with Crippen molar-refractivity contribution in [2.75, 3.05) is 26.7 Å². The highest BCUT2D eigenvalue weighted by atomic mass is 16.5. The molecule has 4 nitrogen and oxygen atoms in total. The van der Waals surface area contributed by atoms with Crippen molar-refractivity contribution >= 4 is 5.91 Å². The first-order valence-corrected chi connectivity index (χ1v) is 8.46. The van der Waals surface area contributed by atoms with Crippen LogP contribution in [0.4, 0.5) is 0 Å². The van der Waals surface area contributed by atoms with Gasteiger partial charge in [0.1, 0.15) is 0 Å². The molecule has 1 fully saturated rings. The van der Waals surface area contributed by atoms with Crippen LogP contribution in [0.3, 0.4) is 0 Å². The van der Waals surface area contributed by atoms with Crippen LogP contribution in [0, 0.1) is 5.92 Å². The largest absolute Gasteiger partial charge is 0.378 e. The van der Waals surface area contributed by atoms with Gasteiger partial charge in [0.2, 0.25) is 5.91 Å². The Morgan fingerprint density at radius 3 is 2.57 bits per heavy atom. The first-order chi connectivity index (χ1) is 9.84. The lowest BCUT2D eigenvalue weighted by molar-refractivity contribution is -0.128. The van der Waals surface area contributed by atoms with Crippen molar-refractivity contribution in [1.29, 1.82) is 0 Å². The van der Waals surface area contributed by atoms with Crippen molar-refractivity contribution < 1.29 is 9.53 Å². The molecule has 1 unspecified atom stereocenters. The molecule has 0 radical (unpaired) electrons. The summed E-state index contributed by atoms with van der Waals surface area (Å²) in [6, 6.07) is 0. The summed E-state index contributed by atoms with van der Waals surface area (Å²) in [4.78, 5) is 14.6. The Morgan fingerprint density at radius 2 is 2.00 bits per heavy atom. The van der Waals surface area contributed by atoms with Gasteiger partial charge in [-0.25, -0.2) is 0 Å². The Balaban J connectivity index is 2.29. The number of nitrogens with zero attached hydrogens (tertiary/aromatic N) is 1. The van der Waals surface area contributed by atoms with Crippen LogP contribution in [0.15, 0.2) is 0 Å². The smallest absolute Gasteiger partial charge is 0.223 e. The number of carbonyl (C=O) groups is 1. The van der Waals surface area contributed by atoms with Crippen molar-refractivity contribution in [2.45, 2.75) is 71.4 Å². The van der Waals surface area contributed by atoms with Gasteiger partial charge in [-0.3, -0.25) is 4.79 Å². The first-order valence-electron chi connectivity index (χ1n) is 8.46. The first kappa shape index (κ1) is 18.4. The highest BCUT2D eigenvalue weighted by molar-refractivity contribution is 5.79. The van der Waals surface area contributed by atoms with Gasteiger partial charge in [-0.05, 0) is 66.6 Å². The molecule has 4 heteroatoms. The van der Waals surface area contributed by atoms with Gasteiger partial charge >= 0.3 is 0 Å². The SMILES string of the molecule is CCCC(C)OCCC(C)(C)NC(=O)C1CCN(C)CC1. The molecule has 0 aromatic heterocycles. The Kier molecular flexibility index (Phi) is 7.67. The molecule has 1 aliphatic heterocycles. The molecule has 1 aliphatic rings. The lowest BCUT2D eigenvalue weighted by Crippen LogP contribution is -2.48. The molecule has 1 amide bonds. The van der Waals surface area contributed by atoms with E-state index in [1.807, 2.05) is 0 Å². The lowest BCUT2D eigenvalue weighted by atomic mass is 9.93. The normalized spacial score (nSPS) is 19.5. The topological polar surface area (TPSA) is 41.6 Å². The third kappa shape index (κ3) is 7.28. The molecule has 0 aromatic carbocycles. The maximum absolute atomic E-state index is 12.3. The lowest BCUT2D eigenvalue weighted by Gasteiger charge is -2.32. The maximum atomic E-state index is 12.3. The Hall–Kier alpha value is -0.610. The molecule has 1 atom stereocenters. The van der Waals surface area contributed by atoms with Crippen LogP contribution < -0.4 is 5.32 Å². The Bertz CT molecular complexity index is 310. The van der Waals surface area contributed by atoms with Gasteiger partial charge < -0.3 is 15.0 Å². The van der Waals surface area contributed by atoms with Crippen LogP contribution in [0.25, 0.3) is 0 Å². The van der Waals surface area contributed by atoms with E-state index >= 15 is 0 Å². The molecule has 1 heterocycles. The molecule has 0 saturated carbocycles. The number of hydrogen-bond donors (Lipinski definition) is 1. The zero-order valence-corrected chi connectivity index (χ0v) is 14.6. The second-order valence-corrected chi connectivity index (χ2v) is 7.17. The maximum Gasteiger partial charge on any atom is 0.223 e. The number of piperidine rings is 1. The highest BCUT2D eigenvalue weighted by Gasteiger charge is 2.28. The van der Waals surface area contributed by atoms with Crippen LogP contribution in [0.2, 0.25) is 0 Å². The number of carbonyl (C=O) groups excluding carboxylic acids is 1. The summed E-state index contributed by atoms with van der Waals surface area (Å²) in [7, 11) is 2.12. The van der Waals surface area contributed by atoms with Gasteiger partial charge in [0, 0.05) is 18.1 Å². The molecule has 1 N–H and O–H groups in total. The number of amides is 1. The van der Waals surface area contributed by atoms with Crippen molar-refractivity contribution in [3.63, 3.8) is 0 Å². The van der Waals surface area contributed by atoms with E-state index in [9.17, 15) is 4.79 Å². The summed E-state index contributed by atoms with van der Waals surface area (Å²) in [5.41, 5.74) is -0.188. The Labute approximate surface area is 130 Å². The number of ether oxygens (including phenoxy) is 1. The van der Waals surface area contributed by atoms with Gasteiger partial charge in [0.25, 0.3) is 0 Å². The van der Waals surface area contributed by atoms with E-state index in [1.165, 1.54) is 0 Å². The summed E-state index contributed by atoms with van der Waals surface area (Å²) in [6.07, 6.45) is 5.37. The van der Waals surface area contributed by atoms with Gasteiger partial charge in [-0.2, -0.15) is 0 Å². The average Bonchev–Trinajstić information content (AvgIpc) is 2.38. The fourth-order valence-electron chi connectivity index (χ4n) is 2.77. The van der Waals surface area contributed by atoms with E-state index in [0.717, 1.165) is 45.2 Å². The molecule has 0 aromatic rings. The molecule has 0 aliphatic carbocycles. The van der Waals surface area contributed by atoms with Crippen molar-refractivity contribution in [2.24, 2.45) is 5.92 Å². The fourth-order valence-corrected chi connectivity index (χ4v) is 2.77. The van der Waals surface area contributed by atoms with Crippen LogP contribution in [-0.2, 0) is 9.53 Å². The molecular weight excluding hydrogens is 264 g/mol. The number of hydrogen-bond acceptors (Lipinski definition) is 3. The van der Waals surface area contributed by atoms with E-state index < -0.39 is 0 Å². The summed E-state index contributed by atoms with van der Waals surface area (Å²) in [5.74, 6) is 0.398. The monoisotopic (exact) mass is 298 g/mol. The van der Waals surface area contributed by atoms with Gasteiger partial charge in [0.05, 0.1) is 6.10 Å². The number of likely N-dealkylation sites (tertiary alicyclic amines) is 1. The van der Waals surface area contributed by atoms with Crippen LogP contribution in [-0.4, -0.2) is 49.2 Å². The predicted octanol–water partition coefficient (Wildman–Crippen LogP) is 2.82. The predicted molar refractivity (Wildman–Crippen MR) is 87.4 cm³/mol. The van der Waals surface area contributed by atoms with E-state index in [2.05, 4.69) is 45.0 Å². The van der Waals surface area contributed by atoms with E-state index in [4.69, 9.17) is 4.74 Å². The minimum absolute atomic E-state index is 0.181. The second-order valence-electron chi connectivity index (χ2n) is 7.17. The van der Waals surface area contributed by atoms with Gasteiger partial charge in [-0.15, -0.1) is 0 Å². The van der Waals surface area contributed by atoms with Gasteiger partial charge in [0.15, 0.2) is 0 Å². The average molecular weight is 298 g/mol. The molecule has 1 saturated heterocycles. The summed E-state index contributed by atoms with van der Waals surface area (Å²) >= 11 is 0. The Morgan fingerprint density at radius 1 is 1.38 bits per heavy atom. The summed E-state index contributed by atoms with van der Waals surface area (Å²) < 4.78 is 5.80. The van der Waals surface area contributed by atoms with E-state index in [0.29, 0.717) is 12.7 Å². The number of nitrogens with one attached hydrogen (secondary N) is 1. The third-order valence-corrected chi connectivity index (χ3v) is 4.38. The fraction of sp³-hybridized carbons (Fsp3) is 0.941. The molecule has 124 valence electrons.